The molecule has 0 heterocycles. The van der Waals surface area contributed by atoms with Gasteiger partial charge in [0.25, 0.3) is 0 Å². The third-order valence-corrected chi connectivity index (χ3v) is 2.97. The van der Waals surface area contributed by atoms with Crippen LogP contribution in [0.2, 0.25) is 0 Å². The number of allylic oxidation sites excluding steroid dienone is 2. The molecule has 27 heavy (non-hydrogen) atoms. The van der Waals surface area contributed by atoms with Crippen LogP contribution >= 0.6 is 0 Å². The first-order valence-electron chi connectivity index (χ1n) is 8.30. The van der Waals surface area contributed by atoms with Gasteiger partial charge in [0.2, 0.25) is 0 Å². The fraction of sp³-hybridized carbons (Fsp3) is 0.667. The molecule has 0 rings (SSSR count). The van der Waals surface area contributed by atoms with E-state index in [1.165, 1.54) is 0 Å². The molecule has 0 aromatic heterocycles. The number of hydrogen-bond donors (Lipinski definition) is 0. The summed E-state index contributed by atoms with van der Waals surface area (Å²) in [5.41, 5.74) is 1.33. The van der Waals surface area contributed by atoms with Gasteiger partial charge in [-0.15, -0.1) is 0 Å². The van der Waals surface area contributed by atoms with Crippen LogP contribution in [0.3, 0.4) is 0 Å². The molecule has 0 bridgehead atoms. The van der Waals surface area contributed by atoms with E-state index < -0.39 is 10.4 Å². The number of rotatable bonds is 8. The molecule has 0 unspecified atom stereocenters. The Morgan fingerprint density at radius 3 is 1.04 bits per heavy atom. The summed E-state index contributed by atoms with van der Waals surface area (Å²) in [7, 11) is 7.28. The lowest BCUT2D eigenvalue weighted by Crippen LogP contribution is -2.36. The molecule has 0 aliphatic rings. The molecule has 8 nitrogen and oxygen atoms in total. The molecule has 0 saturated heterocycles. The molecule has 0 fully saturated rings. The smallest absolute Gasteiger partial charge is 0.163 e. The number of ketones is 2. The first-order valence-corrected chi connectivity index (χ1v) is 9.64. The topological polar surface area (TPSA) is 114 Å². The number of carbonyl (C=O) groups is 2. The lowest BCUT2D eigenvalue weighted by Gasteiger charge is -2.23. The molecule has 0 amide bonds. The van der Waals surface area contributed by atoms with Crippen molar-refractivity contribution in [1.29, 1.82) is 0 Å². The summed E-state index contributed by atoms with van der Waals surface area (Å²) < 4.78 is 35.7. The SMILES string of the molecule is C=C(C)C(=O)CC[N+](C)(C)C.C=C(C)C(=O)CC[N+](C)(C)C.O=S(=O)([O-])[O-]. The molecule has 0 aliphatic heterocycles. The maximum absolute atomic E-state index is 11.1. The average molecular weight is 409 g/mol. The van der Waals surface area contributed by atoms with E-state index in [4.69, 9.17) is 17.5 Å². The van der Waals surface area contributed by atoms with Crippen LogP contribution in [0.15, 0.2) is 24.3 Å². The second-order valence-electron chi connectivity index (χ2n) is 8.34. The van der Waals surface area contributed by atoms with Crippen molar-refractivity contribution in [3.05, 3.63) is 24.3 Å². The Morgan fingerprint density at radius 1 is 0.741 bits per heavy atom. The zero-order chi connectivity index (χ0) is 22.6. The number of Topliss-reactive ketones (excluding diaryl/α,β-unsaturated/α-hetero) is 2. The molecule has 0 radical (unpaired) electrons. The van der Waals surface area contributed by atoms with E-state index in [0.717, 1.165) is 22.1 Å². The first-order chi connectivity index (χ1) is 11.7. The Hall–Kier alpha value is -1.39. The van der Waals surface area contributed by atoms with E-state index in [9.17, 15) is 9.59 Å². The molecular weight excluding hydrogens is 372 g/mol. The van der Waals surface area contributed by atoms with Crippen molar-refractivity contribution >= 4 is 22.0 Å². The van der Waals surface area contributed by atoms with Crippen molar-refractivity contribution in [3.8, 4) is 0 Å². The van der Waals surface area contributed by atoms with E-state index >= 15 is 0 Å². The summed E-state index contributed by atoms with van der Waals surface area (Å²) in [6.45, 7) is 12.5. The van der Waals surface area contributed by atoms with Crippen molar-refractivity contribution in [2.45, 2.75) is 26.7 Å². The van der Waals surface area contributed by atoms with Gasteiger partial charge in [0.15, 0.2) is 11.6 Å². The molecule has 0 saturated carbocycles. The summed E-state index contributed by atoms with van der Waals surface area (Å²) >= 11 is 0. The maximum atomic E-state index is 11.1. The second-order valence-corrected chi connectivity index (χ2v) is 9.16. The quantitative estimate of drug-likeness (QED) is 0.257. The lowest BCUT2D eigenvalue weighted by molar-refractivity contribution is -0.869. The third-order valence-electron chi connectivity index (χ3n) is 2.97. The molecule has 9 heteroatoms. The average Bonchev–Trinajstić information content (AvgIpc) is 2.39. The Bertz CT molecular complexity index is 563. The minimum Gasteiger partial charge on any atom is -0.759 e. The minimum absolute atomic E-state index is 0.179. The third kappa shape index (κ3) is 36.3. The maximum Gasteiger partial charge on any atom is 0.163 e. The first kappa shape index (κ1) is 30.3. The van der Waals surface area contributed by atoms with E-state index in [1.807, 2.05) is 0 Å². The lowest BCUT2D eigenvalue weighted by atomic mass is 10.1. The van der Waals surface area contributed by atoms with E-state index in [-0.39, 0.29) is 11.6 Å². The van der Waals surface area contributed by atoms with Crippen molar-refractivity contribution in [2.24, 2.45) is 0 Å². The van der Waals surface area contributed by atoms with Crippen LogP contribution in [0.1, 0.15) is 26.7 Å². The molecule has 160 valence electrons. The fourth-order valence-electron chi connectivity index (χ4n) is 1.30. The summed E-state index contributed by atoms with van der Waals surface area (Å²) in [5.74, 6) is 0.358. The van der Waals surface area contributed by atoms with Gasteiger partial charge in [-0.2, -0.15) is 0 Å². The van der Waals surface area contributed by atoms with E-state index in [0.29, 0.717) is 24.0 Å². The van der Waals surface area contributed by atoms with Crippen LogP contribution in [0.4, 0.5) is 0 Å². The van der Waals surface area contributed by atoms with Crippen LogP contribution in [-0.4, -0.2) is 93.4 Å². The van der Waals surface area contributed by atoms with Gasteiger partial charge in [0, 0.05) is 10.4 Å². The van der Waals surface area contributed by atoms with Gasteiger partial charge < -0.3 is 18.1 Å². The predicted molar refractivity (Wildman–Crippen MR) is 105 cm³/mol. The van der Waals surface area contributed by atoms with Crippen molar-refractivity contribution in [3.63, 3.8) is 0 Å². The standard InChI is InChI=1S/2C9H18NO.H2O4S/c2*1-8(2)9(11)6-7-10(3,4)5;1-5(2,3)4/h2*1,6-7H2,2-5H3;(H2,1,2,3,4)/q2*+1;/p-2. The minimum atomic E-state index is -5.17. The van der Waals surface area contributed by atoms with Gasteiger partial charge in [-0.1, -0.05) is 13.2 Å². The van der Waals surface area contributed by atoms with Gasteiger partial charge in [-0.25, -0.2) is 0 Å². The Balaban J connectivity index is -0.000000344. The zero-order valence-corrected chi connectivity index (χ0v) is 18.8. The highest BCUT2D eigenvalue weighted by molar-refractivity contribution is 7.79. The van der Waals surface area contributed by atoms with Crippen LogP contribution in [-0.2, 0) is 20.0 Å². The van der Waals surface area contributed by atoms with E-state index in [2.05, 4.69) is 55.4 Å². The van der Waals surface area contributed by atoms with Crippen molar-refractivity contribution < 1.29 is 36.1 Å². The number of quaternary nitrogens is 2. The Labute approximate surface area is 164 Å². The fourth-order valence-corrected chi connectivity index (χ4v) is 1.30. The molecule has 0 aromatic rings. The van der Waals surface area contributed by atoms with Crippen LogP contribution in [0.5, 0.6) is 0 Å². The summed E-state index contributed by atoms with van der Waals surface area (Å²) in [4.78, 5) is 22.2. The monoisotopic (exact) mass is 408 g/mol. The normalized spacial score (nSPS) is 11.3. The van der Waals surface area contributed by atoms with Crippen LogP contribution in [0.25, 0.3) is 0 Å². The molecule has 0 aromatic carbocycles. The van der Waals surface area contributed by atoms with Crippen molar-refractivity contribution in [2.75, 3.05) is 55.4 Å². The molecule has 0 spiro atoms. The highest BCUT2D eigenvalue weighted by Crippen LogP contribution is 2.00. The van der Waals surface area contributed by atoms with E-state index in [1.54, 1.807) is 13.8 Å². The Morgan fingerprint density at radius 2 is 0.926 bits per heavy atom. The second kappa shape index (κ2) is 12.9. The summed E-state index contributed by atoms with van der Waals surface area (Å²) in [5, 5.41) is 0. The molecule has 0 atom stereocenters. The zero-order valence-electron chi connectivity index (χ0n) is 18.0. The van der Waals surface area contributed by atoms with Crippen LogP contribution in [0, 0.1) is 0 Å². The highest BCUT2D eigenvalue weighted by atomic mass is 32.3. The van der Waals surface area contributed by atoms with Gasteiger partial charge in [-0.05, 0) is 25.0 Å². The number of hydrogen-bond acceptors (Lipinski definition) is 6. The predicted octanol–water partition coefficient (Wildman–Crippen LogP) is 1.12. The van der Waals surface area contributed by atoms with Gasteiger partial charge in [-0.3, -0.25) is 18.0 Å². The molecule has 0 N–H and O–H groups in total. The molecular formula is C18H36N2O6S. The van der Waals surface area contributed by atoms with Gasteiger partial charge in [0.1, 0.15) is 0 Å². The summed E-state index contributed by atoms with van der Waals surface area (Å²) in [6, 6.07) is 0. The largest absolute Gasteiger partial charge is 0.759 e. The summed E-state index contributed by atoms with van der Waals surface area (Å²) in [6.07, 6.45) is 1.22. The van der Waals surface area contributed by atoms with Gasteiger partial charge in [0.05, 0.1) is 68.2 Å². The molecule has 0 aliphatic carbocycles. The van der Waals surface area contributed by atoms with Crippen LogP contribution < -0.4 is 0 Å². The van der Waals surface area contributed by atoms with Crippen molar-refractivity contribution in [1.82, 2.24) is 0 Å². The number of carbonyl (C=O) groups excluding carboxylic acids is 2. The highest BCUT2D eigenvalue weighted by Gasteiger charge is 2.11. The number of nitrogens with zero attached hydrogens (tertiary/aromatic N) is 2. The Kier molecular flexibility index (Phi) is 14.5. The van der Waals surface area contributed by atoms with Gasteiger partial charge >= 0.3 is 0 Å².